The molecule has 0 radical (unpaired) electrons. The van der Waals surface area contributed by atoms with Crippen molar-refractivity contribution in [3.8, 4) is 0 Å². The van der Waals surface area contributed by atoms with E-state index >= 15 is 0 Å². The first kappa shape index (κ1) is 22.6. The van der Waals surface area contributed by atoms with Gasteiger partial charge in [0.15, 0.2) is 0 Å². The van der Waals surface area contributed by atoms with Crippen LogP contribution in [-0.4, -0.2) is 13.2 Å². The smallest absolute Gasteiger partial charge is 0.387 e. The van der Waals surface area contributed by atoms with Gasteiger partial charge >= 0.3 is 6.18 Å². The van der Waals surface area contributed by atoms with Crippen molar-refractivity contribution < 1.29 is 13.2 Å². The molecule has 0 fully saturated rings. The molecule has 0 aliphatic carbocycles. The normalized spacial score (nSPS) is 11.8. The van der Waals surface area contributed by atoms with Gasteiger partial charge in [-0.1, -0.05) is 51.7 Å². The third-order valence-electron chi connectivity index (χ3n) is 5.32. The molecule has 0 heterocycles. The maximum Gasteiger partial charge on any atom is 0.389 e. The van der Waals surface area contributed by atoms with E-state index < -0.39 is 12.6 Å². The Kier molecular flexibility index (Phi) is 9.24. The summed E-state index contributed by atoms with van der Waals surface area (Å²) in [5.74, 6) is 0. The van der Waals surface area contributed by atoms with Crippen LogP contribution in [0.3, 0.4) is 0 Å². The molecule has 1 aromatic carbocycles. The molecule has 4 heteroatoms. The topological polar surface area (TPSA) is 12.0 Å². The van der Waals surface area contributed by atoms with Crippen molar-refractivity contribution in [2.24, 2.45) is 0 Å². The monoisotopic (exact) mass is 369 g/mol. The van der Waals surface area contributed by atoms with E-state index in [0.29, 0.717) is 6.42 Å². The van der Waals surface area contributed by atoms with Crippen molar-refractivity contribution in [3.63, 3.8) is 0 Å². The second kappa shape index (κ2) is 10.6. The zero-order chi connectivity index (χ0) is 19.7. The highest BCUT2D eigenvalue weighted by Gasteiger charge is 2.25. The highest BCUT2D eigenvalue weighted by atomic mass is 19.4. The molecule has 0 aliphatic heterocycles. The SMILES string of the molecule is C=c1c(C)c(C)c(=C)c(NC)c1CCCCCCCCCCC(F)(F)F. The van der Waals surface area contributed by atoms with E-state index in [9.17, 15) is 13.2 Å². The molecule has 1 nitrogen and oxygen atoms in total. The summed E-state index contributed by atoms with van der Waals surface area (Å²) in [5.41, 5.74) is 4.81. The summed E-state index contributed by atoms with van der Waals surface area (Å²) in [5, 5.41) is 5.46. The van der Waals surface area contributed by atoms with Gasteiger partial charge in [0.1, 0.15) is 0 Å². The Hall–Kier alpha value is -1.45. The Morgan fingerprint density at radius 1 is 0.769 bits per heavy atom. The number of unbranched alkanes of at least 4 members (excludes halogenated alkanes) is 7. The Bertz CT molecular complexity index is 662. The van der Waals surface area contributed by atoms with Crippen LogP contribution in [0.1, 0.15) is 74.5 Å². The van der Waals surface area contributed by atoms with Crippen molar-refractivity contribution >= 4 is 18.8 Å². The Labute approximate surface area is 156 Å². The number of rotatable bonds is 11. The summed E-state index contributed by atoms with van der Waals surface area (Å²) in [6, 6.07) is 0. The summed E-state index contributed by atoms with van der Waals surface area (Å²) in [6.07, 6.45) is 3.74. The number of anilines is 1. The minimum Gasteiger partial charge on any atom is -0.387 e. The average molecular weight is 370 g/mol. The van der Waals surface area contributed by atoms with Gasteiger partial charge in [0.2, 0.25) is 0 Å². The number of alkyl halides is 3. The molecule has 0 bridgehead atoms. The fraction of sp³-hybridized carbons (Fsp3) is 0.636. The van der Waals surface area contributed by atoms with Crippen LogP contribution in [0.5, 0.6) is 0 Å². The first-order valence-corrected chi connectivity index (χ1v) is 9.73. The van der Waals surface area contributed by atoms with Gasteiger partial charge < -0.3 is 5.32 Å². The molecule has 0 amide bonds. The Balaban J connectivity index is 2.31. The molecule has 1 rings (SSSR count). The molecular weight excluding hydrogens is 335 g/mol. The number of nitrogens with one attached hydrogen (secondary N) is 1. The quantitative estimate of drug-likeness (QED) is 0.487. The molecule has 26 heavy (non-hydrogen) atoms. The van der Waals surface area contributed by atoms with Crippen LogP contribution in [0.25, 0.3) is 13.2 Å². The van der Waals surface area contributed by atoms with Gasteiger partial charge in [-0.05, 0) is 60.2 Å². The molecule has 0 aromatic heterocycles. The van der Waals surface area contributed by atoms with E-state index in [1.165, 1.54) is 16.7 Å². The number of hydrogen-bond acceptors (Lipinski definition) is 1. The molecule has 148 valence electrons. The van der Waals surface area contributed by atoms with Crippen molar-refractivity contribution in [2.45, 2.75) is 84.2 Å². The van der Waals surface area contributed by atoms with Crippen LogP contribution in [-0.2, 0) is 6.42 Å². The standard InChI is InChI=1S/C22H34F3N/c1-16-17(2)19(4)21(26-5)20(18(16)3)14-12-10-8-6-7-9-11-13-15-22(23,24)25/h26H,3-4,6-15H2,1-2,5H3. The maximum atomic E-state index is 12.1. The minimum atomic E-state index is -4.00. The lowest BCUT2D eigenvalue weighted by molar-refractivity contribution is -0.135. The van der Waals surface area contributed by atoms with E-state index in [2.05, 4.69) is 32.3 Å². The fourth-order valence-electron chi connectivity index (χ4n) is 3.47. The van der Waals surface area contributed by atoms with Gasteiger partial charge in [0.25, 0.3) is 0 Å². The number of hydrogen-bond donors (Lipinski definition) is 1. The van der Waals surface area contributed by atoms with Gasteiger partial charge in [0, 0.05) is 19.2 Å². The largest absolute Gasteiger partial charge is 0.389 e. The summed E-state index contributed by atoms with van der Waals surface area (Å²) >= 11 is 0. The molecule has 1 aromatic rings. The first-order valence-electron chi connectivity index (χ1n) is 9.73. The summed E-state index contributed by atoms with van der Waals surface area (Å²) < 4.78 is 36.2. The predicted octanol–water partition coefficient (Wildman–Crippen LogP) is 5.78. The van der Waals surface area contributed by atoms with Crippen LogP contribution < -0.4 is 15.8 Å². The number of benzene rings is 1. The molecule has 0 unspecified atom stereocenters. The summed E-state index contributed by atoms with van der Waals surface area (Å²) in [6.45, 7) is 12.7. The Morgan fingerprint density at radius 2 is 1.23 bits per heavy atom. The van der Waals surface area contributed by atoms with E-state index in [4.69, 9.17) is 0 Å². The molecule has 0 saturated carbocycles. The molecular formula is C22H34F3N. The van der Waals surface area contributed by atoms with Gasteiger partial charge in [-0.25, -0.2) is 0 Å². The van der Waals surface area contributed by atoms with E-state index in [1.807, 2.05) is 7.05 Å². The average Bonchev–Trinajstić information content (AvgIpc) is 2.58. The number of halogens is 3. The molecule has 1 N–H and O–H groups in total. The van der Waals surface area contributed by atoms with Crippen molar-refractivity contribution in [2.75, 3.05) is 12.4 Å². The second-order valence-corrected chi connectivity index (χ2v) is 7.25. The fourth-order valence-corrected chi connectivity index (χ4v) is 3.47. The minimum absolute atomic E-state index is 0.267. The molecule has 0 atom stereocenters. The van der Waals surface area contributed by atoms with Gasteiger partial charge in [-0.2, -0.15) is 13.2 Å². The van der Waals surface area contributed by atoms with Crippen LogP contribution in [0.2, 0.25) is 0 Å². The van der Waals surface area contributed by atoms with E-state index in [-0.39, 0.29) is 6.42 Å². The van der Waals surface area contributed by atoms with Crippen molar-refractivity contribution in [1.82, 2.24) is 0 Å². The van der Waals surface area contributed by atoms with Crippen molar-refractivity contribution in [1.29, 1.82) is 0 Å². The van der Waals surface area contributed by atoms with Gasteiger partial charge in [-0.15, -0.1) is 0 Å². The van der Waals surface area contributed by atoms with Crippen LogP contribution >= 0.6 is 0 Å². The van der Waals surface area contributed by atoms with Crippen LogP contribution in [0.15, 0.2) is 0 Å². The molecule has 0 saturated heterocycles. The van der Waals surface area contributed by atoms with Gasteiger partial charge in [0.05, 0.1) is 0 Å². The third-order valence-corrected chi connectivity index (χ3v) is 5.32. The maximum absolute atomic E-state index is 12.1. The Morgan fingerprint density at radius 3 is 1.73 bits per heavy atom. The zero-order valence-electron chi connectivity index (χ0n) is 16.6. The lowest BCUT2D eigenvalue weighted by Crippen LogP contribution is -2.25. The van der Waals surface area contributed by atoms with E-state index in [0.717, 1.165) is 61.1 Å². The highest BCUT2D eigenvalue weighted by Crippen LogP contribution is 2.23. The second-order valence-electron chi connectivity index (χ2n) is 7.25. The van der Waals surface area contributed by atoms with E-state index in [1.54, 1.807) is 0 Å². The highest BCUT2D eigenvalue weighted by molar-refractivity contribution is 5.58. The lowest BCUT2D eigenvalue weighted by atomic mass is 9.94. The van der Waals surface area contributed by atoms with Crippen molar-refractivity contribution in [3.05, 3.63) is 27.1 Å². The molecule has 0 spiro atoms. The third kappa shape index (κ3) is 7.05. The van der Waals surface area contributed by atoms with Crippen LogP contribution in [0.4, 0.5) is 18.9 Å². The molecule has 0 aliphatic rings. The zero-order valence-corrected chi connectivity index (χ0v) is 16.6. The summed E-state index contributed by atoms with van der Waals surface area (Å²) in [4.78, 5) is 0. The lowest BCUT2D eigenvalue weighted by Gasteiger charge is -2.15. The summed E-state index contributed by atoms with van der Waals surface area (Å²) in [7, 11) is 1.93. The van der Waals surface area contributed by atoms with Crippen LogP contribution in [0, 0.1) is 13.8 Å². The predicted molar refractivity (Wildman–Crippen MR) is 107 cm³/mol. The van der Waals surface area contributed by atoms with Gasteiger partial charge in [-0.3, -0.25) is 0 Å². The first-order chi connectivity index (χ1) is 12.2.